The number of benzene rings is 1. The first kappa shape index (κ1) is 11.9. The van der Waals surface area contributed by atoms with Crippen molar-refractivity contribution in [1.82, 2.24) is 4.90 Å². The molecule has 0 saturated carbocycles. The van der Waals surface area contributed by atoms with E-state index in [-0.39, 0.29) is 22.2 Å². The van der Waals surface area contributed by atoms with Crippen molar-refractivity contribution in [3.63, 3.8) is 0 Å². The third kappa shape index (κ3) is 2.12. The molecule has 6 heteroatoms. The first-order chi connectivity index (χ1) is 8.00. The third-order valence-electron chi connectivity index (χ3n) is 2.77. The Balaban J connectivity index is 2.24. The Morgan fingerprint density at radius 3 is 2.35 bits per heavy atom. The van der Waals surface area contributed by atoms with Crippen LogP contribution in [0, 0.1) is 10.1 Å². The molecule has 2 rings (SSSR count). The maximum absolute atomic E-state index is 11.7. The highest BCUT2D eigenvalue weighted by atomic mass is 32.2. The van der Waals surface area contributed by atoms with E-state index < -0.39 is 4.92 Å². The number of thioether (sulfide) groups is 1. The summed E-state index contributed by atoms with van der Waals surface area (Å²) in [7, 11) is 1.75. The van der Waals surface area contributed by atoms with E-state index in [4.69, 9.17) is 0 Å². The van der Waals surface area contributed by atoms with Crippen LogP contribution in [0.5, 0.6) is 0 Å². The van der Waals surface area contributed by atoms with Crippen LogP contribution in [0.15, 0.2) is 24.3 Å². The van der Waals surface area contributed by atoms with Gasteiger partial charge in [-0.15, -0.1) is 11.8 Å². The van der Waals surface area contributed by atoms with E-state index in [1.54, 1.807) is 35.8 Å². The standard InChI is InChI=1S/C11H12N2O3S/c1-7-10(14)12(2)11(17-7)8-3-5-9(6-4-8)13(15)16/h3-7,11H,1-2H3/t7-,11-/m0/s1. The Kier molecular flexibility index (Phi) is 3.06. The van der Waals surface area contributed by atoms with Crippen molar-refractivity contribution in [2.45, 2.75) is 17.5 Å². The minimum Gasteiger partial charge on any atom is -0.329 e. The van der Waals surface area contributed by atoms with Gasteiger partial charge in [0.25, 0.3) is 5.69 Å². The highest BCUT2D eigenvalue weighted by molar-refractivity contribution is 8.01. The van der Waals surface area contributed by atoms with E-state index in [1.165, 1.54) is 12.1 Å². The quantitative estimate of drug-likeness (QED) is 0.598. The normalized spacial score (nSPS) is 24.1. The van der Waals surface area contributed by atoms with E-state index in [0.717, 1.165) is 5.56 Å². The molecular formula is C11H12N2O3S. The number of amides is 1. The fourth-order valence-electron chi connectivity index (χ4n) is 1.81. The zero-order valence-corrected chi connectivity index (χ0v) is 10.3. The van der Waals surface area contributed by atoms with Gasteiger partial charge in [0.2, 0.25) is 5.91 Å². The van der Waals surface area contributed by atoms with Crippen molar-refractivity contribution in [2.24, 2.45) is 0 Å². The van der Waals surface area contributed by atoms with Crippen molar-refractivity contribution >= 4 is 23.4 Å². The second kappa shape index (κ2) is 4.37. The summed E-state index contributed by atoms with van der Waals surface area (Å²) in [6.07, 6.45) is 0. The lowest BCUT2D eigenvalue weighted by Gasteiger charge is -2.18. The number of hydrogen-bond donors (Lipinski definition) is 0. The first-order valence-corrected chi connectivity index (χ1v) is 6.11. The Bertz CT molecular complexity index is 460. The summed E-state index contributed by atoms with van der Waals surface area (Å²) in [6, 6.07) is 6.35. The highest BCUT2D eigenvalue weighted by Crippen LogP contribution is 2.41. The average Bonchev–Trinajstić information content (AvgIpc) is 2.57. The number of rotatable bonds is 2. The number of carbonyl (C=O) groups is 1. The summed E-state index contributed by atoms with van der Waals surface area (Å²) in [5.74, 6) is 0.0957. The molecule has 0 unspecified atom stereocenters. The van der Waals surface area contributed by atoms with Crippen LogP contribution < -0.4 is 0 Å². The van der Waals surface area contributed by atoms with Gasteiger partial charge < -0.3 is 4.90 Å². The van der Waals surface area contributed by atoms with Gasteiger partial charge in [-0.2, -0.15) is 0 Å². The van der Waals surface area contributed by atoms with Crippen LogP contribution in [0.4, 0.5) is 5.69 Å². The van der Waals surface area contributed by atoms with Gasteiger partial charge in [-0.3, -0.25) is 14.9 Å². The monoisotopic (exact) mass is 252 g/mol. The number of non-ortho nitro benzene ring substituents is 1. The molecule has 17 heavy (non-hydrogen) atoms. The molecule has 0 aromatic heterocycles. The summed E-state index contributed by atoms with van der Waals surface area (Å²) < 4.78 is 0. The number of carbonyl (C=O) groups excluding carboxylic acids is 1. The molecule has 0 bridgehead atoms. The number of nitrogens with zero attached hydrogens (tertiary/aromatic N) is 2. The Hall–Kier alpha value is -1.56. The van der Waals surface area contributed by atoms with E-state index in [2.05, 4.69) is 0 Å². The first-order valence-electron chi connectivity index (χ1n) is 5.17. The van der Waals surface area contributed by atoms with Crippen LogP contribution in [0.2, 0.25) is 0 Å². The van der Waals surface area contributed by atoms with Crippen molar-refractivity contribution in [2.75, 3.05) is 7.05 Å². The minimum atomic E-state index is -0.428. The molecule has 5 nitrogen and oxygen atoms in total. The molecule has 1 heterocycles. The smallest absolute Gasteiger partial charge is 0.269 e. The fourth-order valence-corrected chi connectivity index (χ4v) is 3.08. The lowest BCUT2D eigenvalue weighted by molar-refractivity contribution is -0.384. The maximum atomic E-state index is 11.7. The Morgan fingerprint density at radius 1 is 1.35 bits per heavy atom. The molecule has 90 valence electrons. The summed E-state index contributed by atoms with van der Waals surface area (Å²) >= 11 is 1.56. The van der Waals surface area contributed by atoms with Gasteiger partial charge in [0, 0.05) is 19.2 Å². The summed E-state index contributed by atoms with van der Waals surface area (Å²) in [4.78, 5) is 23.4. The van der Waals surface area contributed by atoms with E-state index in [0.29, 0.717) is 0 Å². The van der Waals surface area contributed by atoms with Gasteiger partial charge in [-0.1, -0.05) is 0 Å². The van der Waals surface area contributed by atoms with Crippen molar-refractivity contribution in [3.8, 4) is 0 Å². The number of nitro benzene ring substituents is 1. The van der Waals surface area contributed by atoms with Crippen LogP contribution in [-0.4, -0.2) is 28.0 Å². The molecule has 1 fully saturated rings. The van der Waals surface area contributed by atoms with Crippen molar-refractivity contribution in [3.05, 3.63) is 39.9 Å². The molecule has 1 aromatic rings. The highest BCUT2D eigenvalue weighted by Gasteiger charge is 2.35. The molecule has 2 atom stereocenters. The SMILES string of the molecule is C[C@@H]1S[C@@H](c2ccc([N+](=O)[O-])cc2)N(C)C1=O. The van der Waals surface area contributed by atoms with Gasteiger partial charge >= 0.3 is 0 Å². The largest absolute Gasteiger partial charge is 0.329 e. The average molecular weight is 252 g/mol. The zero-order valence-electron chi connectivity index (χ0n) is 9.49. The zero-order chi connectivity index (χ0) is 12.6. The van der Waals surface area contributed by atoms with Gasteiger partial charge in [-0.25, -0.2) is 0 Å². The lowest BCUT2D eigenvalue weighted by atomic mass is 10.2. The molecule has 0 radical (unpaired) electrons. The summed E-state index contributed by atoms with van der Waals surface area (Å²) in [5, 5.41) is 10.4. The number of nitro groups is 1. The molecule has 1 aliphatic rings. The van der Waals surface area contributed by atoms with Gasteiger partial charge in [0.1, 0.15) is 5.37 Å². The van der Waals surface area contributed by atoms with Crippen molar-refractivity contribution in [1.29, 1.82) is 0 Å². The van der Waals surface area contributed by atoms with Crippen LogP contribution >= 0.6 is 11.8 Å². The van der Waals surface area contributed by atoms with Gasteiger partial charge in [0.05, 0.1) is 10.2 Å². The molecule has 1 amide bonds. The summed E-state index contributed by atoms with van der Waals surface area (Å²) in [6.45, 7) is 1.87. The van der Waals surface area contributed by atoms with Crippen molar-refractivity contribution < 1.29 is 9.72 Å². The molecule has 1 aliphatic heterocycles. The van der Waals surface area contributed by atoms with Crippen LogP contribution in [0.1, 0.15) is 17.9 Å². The molecule has 1 saturated heterocycles. The molecule has 0 N–H and O–H groups in total. The van der Waals surface area contributed by atoms with E-state index in [9.17, 15) is 14.9 Å². The van der Waals surface area contributed by atoms with Gasteiger partial charge in [-0.05, 0) is 24.6 Å². The third-order valence-corrected chi connectivity index (χ3v) is 4.23. The predicted molar refractivity (Wildman–Crippen MR) is 65.7 cm³/mol. The molecular weight excluding hydrogens is 240 g/mol. The van der Waals surface area contributed by atoms with Crippen LogP contribution in [-0.2, 0) is 4.79 Å². The Morgan fingerprint density at radius 2 is 1.94 bits per heavy atom. The van der Waals surface area contributed by atoms with Crippen LogP contribution in [0.25, 0.3) is 0 Å². The van der Waals surface area contributed by atoms with Crippen LogP contribution in [0.3, 0.4) is 0 Å². The second-order valence-electron chi connectivity index (χ2n) is 3.93. The molecule has 0 spiro atoms. The van der Waals surface area contributed by atoms with Gasteiger partial charge in [0.15, 0.2) is 0 Å². The van der Waals surface area contributed by atoms with E-state index in [1.807, 2.05) is 6.92 Å². The minimum absolute atomic E-state index is 0.0432. The fraction of sp³-hybridized carbons (Fsp3) is 0.364. The lowest BCUT2D eigenvalue weighted by Crippen LogP contribution is -2.25. The topological polar surface area (TPSA) is 63.5 Å². The number of hydrogen-bond acceptors (Lipinski definition) is 4. The maximum Gasteiger partial charge on any atom is 0.269 e. The summed E-state index contributed by atoms with van der Waals surface area (Å²) in [5.41, 5.74) is 0.986. The molecule has 1 aromatic carbocycles. The molecule has 0 aliphatic carbocycles. The second-order valence-corrected chi connectivity index (χ2v) is 5.35. The Labute approximate surface area is 103 Å². The predicted octanol–water partition coefficient (Wildman–Crippen LogP) is 2.19. The van der Waals surface area contributed by atoms with E-state index >= 15 is 0 Å².